The number of carbonyl (C=O) groups is 3. The van der Waals surface area contributed by atoms with Crippen LogP contribution in [0.1, 0.15) is 53.4 Å². The lowest BCUT2D eigenvalue weighted by Crippen LogP contribution is -2.40. The minimum Gasteiger partial charge on any atom is -0.382 e. The maximum Gasteiger partial charge on any atom is 0.254 e. The monoisotopic (exact) mass is 498 g/mol. The third-order valence-corrected chi connectivity index (χ3v) is 6.99. The van der Waals surface area contributed by atoms with E-state index >= 15 is 0 Å². The molecule has 2 heterocycles. The van der Waals surface area contributed by atoms with Crippen molar-refractivity contribution in [3.63, 3.8) is 0 Å². The molecule has 1 aromatic heterocycles. The van der Waals surface area contributed by atoms with Gasteiger partial charge in [0, 0.05) is 44.5 Å². The van der Waals surface area contributed by atoms with Gasteiger partial charge < -0.3 is 19.9 Å². The van der Waals surface area contributed by atoms with Gasteiger partial charge in [-0.15, -0.1) is 0 Å². The molecule has 2 aromatic carbocycles. The largest absolute Gasteiger partial charge is 0.382 e. The van der Waals surface area contributed by atoms with Gasteiger partial charge in [-0.3, -0.25) is 14.6 Å². The first-order valence-electron chi connectivity index (χ1n) is 12.6. The summed E-state index contributed by atoms with van der Waals surface area (Å²) >= 11 is 0. The fraction of sp³-hybridized carbons (Fsp3) is 0.333. The van der Waals surface area contributed by atoms with Gasteiger partial charge in [0.1, 0.15) is 6.29 Å². The standard InChI is InChI=1S/C30H34N4O3/c1-21-7-9-23(10-8-21)28(36)34(16-13-22-6-5-15-31-19-22)26(14-17-35)24-11-12-25-27(18-24)33(4)29(37)30(2,3)20-32-25/h5-12,15,17-19,26,32H,13-14,16,20H2,1-4H3. The maximum absolute atomic E-state index is 13.8. The average molecular weight is 499 g/mol. The molecule has 1 aliphatic rings. The molecule has 4 rings (SSSR count). The van der Waals surface area contributed by atoms with E-state index in [1.165, 1.54) is 0 Å². The number of nitrogens with zero attached hydrogens (tertiary/aromatic N) is 3. The van der Waals surface area contributed by atoms with Crippen LogP contribution >= 0.6 is 0 Å². The number of carbonyl (C=O) groups excluding carboxylic acids is 3. The quantitative estimate of drug-likeness (QED) is 0.450. The van der Waals surface area contributed by atoms with Gasteiger partial charge in [-0.2, -0.15) is 0 Å². The van der Waals surface area contributed by atoms with Gasteiger partial charge in [-0.1, -0.05) is 29.8 Å². The first-order chi connectivity index (χ1) is 17.7. The van der Waals surface area contributed by atoms with E-state index in [4.69, 9.17) is 0 Å². The zero-order valence-electron chi connectivity index (χ0n) is 21.9. The molecule has 0 saturated carbocycles. The Morgan fingerprint density at radius 3 is 2.62 bits per heavy atom. The van der Waals surface area contributed by atoms with Gasteiger partial charge in [0.25, 0.3) is 5.91 Å². The number of rotatable bonds is 8. The highest BCUT2D eigenvalue weighted by molar-refractivity contribution is 6.01. The first-order valence-corrected chi connectivity index (χ1v) is 12.6. The number of nitrogens with one attached hydrogen (secondary N) is 1. The molecule has 2 amide bonds. The van der Waals surface area contributed by atoms with Crippen molar-refractivity contribution in [2.75, 3.05) is 30.4 Å². The van der Waals surface area contributed by atoms with Crippen molar-refractivity contribution >= 4 is 29.5 Å². The van der Waals surface area contributed by atoms with Crippen molar-refractivity contribution in [2.24, 2.45) is 5.41 Å². The number of aryl methyl sites for hydroxylation is 1. The molecule has 7 nitrogen and oxygen atoms in total. The predicted octanol–water partition coefficient (Wildman–Crippen LogP) is 4.82. The van der Waals surface area contributed by atoms with Crippen LogP contribution in [0, 0.1) is 12.3 Å². The molecule has 0 bridgehead atoms. The van der Waals surface area contributed by atoms with E-state index < -0.39 is 11.5 Å². The Labute approximate surface area is 218 Å². The van der Waals surface area contributed by atoms with Crippen LogP contribution in [0.15, 0.2) is 67.0 Å². The lowest BCUT2D eigenvalue weighted by molar-refractivity contribution is -0.125. The zero-order valence-corrected chi connectivity index (χ0v) is 21.9. The highest BCUT2D eigenvalue weighted by Gasteiger charge is 2.35. The fourth-order valence-electron chi connectivity index (χ4n) is 4.73. The number of fused-ring (bicyclic) bond motifs is 1. The summed E-state index contributed by atoms with van der Waals surface area (Å²) in [5.41, 5.74) is 4.47. The number of amides is 2. The van der Waals surface area contributed by atoms with E-state index in [9.17, 15) is 14.4 Å². The zero-order chi connectivity index (χ0) is 26.6. The van der Waals surface area contributed by atoms with Gasteiger partial charge in [0.2, 0.25) is 5.91 Å². The number of aromatic nitrogens is 1. The molecule has 0 aliphatic carbocycles. The van der Waals surface area contributed by atoms with Crippen LogP contribution < -0.4 is 10.2 Å². The Bertz CT molecular complexity index is 1270. The number of benzene rings is 2. The van der Waals surface area contributed by atoms with Gasteiger partial charge in [0.15, 0.2) is 0 Å². The Hall–Kier alpha value is -4.00. The summed E-state index contributed by atoms with van der Waals surface area (Å²) < 4.78 is 0. The van der Waals surface area contributed by atoms with E-state index in [-0.39, 0.29) is 18.2 Å². The Morgan fingerprint density at radius 1 is 1.19 bits per heavy atom. The van der Waals surface area contributed by atoms with E-state index in [1.807, 2.05) is 75.4 Å². The van der Waals surface area contributed by atoms with Crippen molar-refractivity contribution in [1.82, 2.24) is 9.88 Å². The van der Waals surface area contributed by atoms with Gasteiger partial charge in [-0.05, 0) is 68.7 Å². The topological polar surface area (TPSA) is 82.6 Å². The van der Waals surface area contributed by atoms with Crippen LogP contribution in [0.5, 0.6) is 0 Å². The second-order valence-electron chi connectivity index (χ2n) is 10.3. The molecule has 1 atom stereocenters. The lowest BCUT2D eigenvalue weighted by Gasteiger charge is -2.32. The summed E-state index contributed by atoms with van der Waals surface area (Å²) in [5.74, 6) is -0.138. The normalized spacial score (nSPS) is 15.2. The maximum atomic E-state index is 13.8. The van der Waals surface area contributed by atoms with Crippen molar-refractivity contribution in [1.29, 1.82) is 0 Å². The smallest absolute Gasteiger partial charge is 0.254 e. The summed E-state index contributed by atoms with van der Waals surface area (Å²) in [6.45, 7) is 6.74. The molecule has 7 heteroatoms. The Kier molecular flexibility index (Phi) is 7.71. The van der Waals surface area contributed by atoms with E-state index in [0.29, 0.717) is 25.1 Å². The molecular weight excluding hydrogens is 464 g/mol. The first kappa shape index (κ1) is 26.1. The molecule has 0 fully saturated rings. The highest BCUT2D eigenvalue weighted by atomic mass is 16.2. The summed E-state index contributed by atoms with van der Waals surface area (Å²) in [6, 6.07) is 16.6. The third-order valence-electron chi connectivity index (χ3n) is 6.99. The number of hydrogen-bond acceptors (Lipinski definition) is 5. The molecule has 37 heavy (non-hydrogen) atoms. The summed E-state index contributed by atoms with van der Waals surface area (Å²) in [4.78, 5) is 46.5. The minimum atomic E-state index is -0.562. The number of aldehydes is 1. The van der Waals surface area contributed by atoms with Crippen molar-refractivity contribution in [3.05, 3.63) is 89.2 Å². The number of pyridine rings is 1. The highest BCUT2D eigenvalue weighted by Crippen LogP contribution is 2.37. The molecule has 1 aliphatic heterocycles. The molecular formula is C30H34N4O3. The fourth-order valence-corrected chi connectivity index (χ4v) is 4.73. The number of anilines is 2. The van der Waals surface area contributed by atoms with Crippen LogP contribution in [0.4, 0.5) is 11.4 Å². The van der Waals surface area contributed by atoms with Gasteiger partial charge in [0.05, 0.1) is 22.8 Å². The average Bonchev–Trinajstić information content (AvgIpc) is 2.99. The Morgan fingerprint density at radius 2 is 1.95 bits per heavy atom. The van der Waals surface area contributed by atoms with Crippen LogP contribution in [0.3, 0.4) is 0 Å². The van der Waals surface area contributed by atoms with E-state index in [1.54, 1.807) is 29.2 Å². The van der Waals surface area contributed by atoms with Crippen molar-refractivity contribution in [2.45, 2.75) is 39.7 Å². The second-order valence-corrected chi connectivity index (χ2v) is 10.3. The third kappa shape index (κ3) is 5.71. The van der Waals surface area contributed by atoms with Crippen LogP contribution in [0.2, 0.25) is 0 Å². The summed E-state index contributed by atoms with van der Waals surface area (Å²) in [6.07, 6.45) is 5.10. The summed E-state index contributed by atoms with van der Waals surface area (Å²) in [5, 5.41) is 3.38. The molecule has 3 aromatic rings. The molecule has 1 N–H and O–H groups in total. The molecule has 192 valence electrons. The van der Waals surface area contributed by atoms with Gasteiger partial charge >= 0.3 is 0 Å². The van der Waals surface area contributed by atoms with Crippen LogP contribution in [0.25, 0.3) is 0 Å². The Balaban J connectivity index is 1.74. The van der Waals surface area contributed by atoms with Crippen LogP contribution in [-0.4, -0.2) is 48.1 Å². The SMILES string of the molecule is Cc1ccc(C(=O)N(CCc2cccnc2)C(CC=O)c2ccc3c(c2)N(C)C(=O)C(C)(C)CN3)cc1. The van der Waals surface area contributed by atoms with Gasteiger partial charge in [-0.25, -0.2) is 0 Å². The second kappa shape index (κ2) is 10.9. The molecule has 0 saturated heterocycles. The summed E-state index contributed by atoms with van der Waals surface area (Å²) in [7, 11) is 1.77. The molecule has 1 unspecified atom stereocenters. The van der Waals surface area contributed by atoms with Crippen LogP contribution in [-0.2, 0) is 16.0 Å². The number of hydrogen-bond donors (Lipinski definition) is 1. The molecule has 0 spiro atoms. The lowest BCUT2D eigenvalue weighted by atomic mass is 9.92. The van der Waals surface area contributed by atoms with E-state index in [0.717, 1.165) is 34.4 Å². The minimum absolute atomic E-state index is 0.00648. The van der Waals surface area contributed by atoms with Crippen molar-refractivity contribution in [3.8, 4) is 0 Å². The predicted molar refractivity (Wildman–Crippen MR) is 146 cm³/mol. The molecule has 0 radical (unpaired) electrons. The van der Waals surface area contributed by atoms with Crippen molar-refractivity contribution < 1.29 is 14.4 Å². The van der Waals surface area contributed by atoms with E-state index in [2.05, 4.69) is 10.3 Å².